The van der Waals surface area contributed by atoms with Gasteiger partial charge in [0.05, 0.1) is 5.52 Å². The number of fused-ring (bicyclic) bond motifs is 1. The minimum absolute atomic E-state index is 1.07. The van der Waals surface area contributed by atoms with Gasteiger partial charge < -0.3 is 10.2 Å². The average Bonchev–Trinajstić information content (AvgIpc) is 2.39. The Labute approximate surface area is 101 Å². The van der Waals surface area contributed by atoms with Crippen LogP contribution in [-0.2, 0) is 0 Å². The minimum Gasteiger partial charge on any atom is -0.369 e. The van der Waals surface area contributed by atoms with Gasteiger partial charge in [-0.3, -0.25) is 4.98 Å². The normalized spacial score (nSPS) is 16.4. The highest BCUT2D eigenvalue weighted by atomic mass is 15.2. The SMILES string of the molecule is Cc1cnc2ccc(N3CCNCC3)cc2c1. The molecule has 0 spiro atoms. The zero-order valence-electron chi connectivity index (χ0n) is 10.1. The molecule has 0 atom stereocenters. The van der Waals surface area contributed by atoms with Crippen LogP contribution in [0.25, 0.3) is 10.9 Å². The third-order valence-electron chi connectivity index (χ3n) is 3.28. The van der Waals surface area contributed by atoms with E-state index in [1.54, 1.807) is 0 Å². The molecule has 1 aliphatic rings. The molecule has 17 heavy (non-hydrogen) atoms. The van der Waals surface area contributed by atoms with Crippen molar-refractivity contribution < 1.29 is 0 Å². The molecule has 3 nitrogen and oxygen atoms in total. The van der Waals surface area contributed by atoms with Gasteiger partial charge >= 0.3 is 0 Å². The highest BCUT2D eigenvalue weighted by Gasteiger charge is 2.10. The van der Waals surface area contributed by atoms with Crippen LogP contribution in [0.15, 0.2) is 30.5 Å². The third-order valence-corrected chi connectivity index (χ3v) is 3.28. The molecule has 1 fully saturated rings. The summed E-state index contributed by atoms with van der Waals surface area (Å²) in [5.74, 6) is 0. The molecule has 1 N–H and O–H groups in total. The molecule has 0 aliphatic carbocycles. The second kappa shape index (κ2) is 4.34. The summed E-state index contributed by atoms with van der Waals surface area (Å²) in [6.45, 7) is 6.41. The number of nitrogens with one attached hydrogen (secondary N) is 1. The second-order valence-corrected chi connectivity index (χ2v) is 4.63. The summed E-state index contributed by atoms with van der Waals surface area (Å²) < 4.78 is 0. The molecule has 3 rings (SSSR count). The maximum atomic E-state index is 4.44. The van der Waals surface area contributed by atoms with Crippen molar-refractivity contribution in [1.82, 2.24) is 10.3 Å². The smallest absolute Gasteiger partial charge is 0.0703 e. The van der Waals surface area contributed by atoms with Gasteiger partial charge in [-0.05, 0) is 36.8 Å². The van der Waals surface area contributed by atoms with Gasteiger partial charge in [-0.2, -0.15) is 0 Å². The van der Waals surface area contributed by atoms with E-state index in [9.17, 15) is 0 Å². The Bertz CT molecular complexity index is 530. The van der Waals surface area contributed by atoms with Gasteiger partial charge in [-0.25, -0.2) is 0 Å². The molecule has 1 saturated heterocycles. The largest absolute Gasteiger partial charge is 0.369 e. The summed E-state index contributed by atoms with van der Waals surface area (Å²) in [6.07, 6.45) is 1.92. The molecule has 0 unspecified atom stereocenters. The van der Waals surface area contributed by atoms with Crippen LogP contribution in [0.4, 0.5) is 5.69 Å². The van der Waals surface area contributed by atoms with E-state index in [0.717, 1.165) is 31.7 Å². The Morgan fingerprint density at radius 1 is 1.18 bits per heavy atom. The monoisotopic (exact) mass is 227 g/mol. The summed E-state index contributed by atoms with van der Waals surface area (Å²) in [4.78, 5) is 6.86. The lowest BCUT2D eigenvalue weighted by Crippen LogP contribution is -2.43. The van der Waals surface area contributed by atoms with Crippen LogP contribution in [0, 0.1) is 6.92 Å². The fourth-order valence-electron chi connectivity index (χ4n) is 2.35. The van der Waals surface area contributed by atoms with E-state index in [-0.39, 0.29) is 0 Å². The minimum atomic E-state index is 1.07. The van der Waals surface area contributed by atoms with E-state index in [0.29, 0.717) is 0 Å². The highest BCUT2D eigenvalue weighted by molar-refractivity contribution is 5.83. The number of hydrogen-bond acceptors (Lipinski definition) is 3. The number of aromatic nitrogens is 1. The Balaban J connectivity index is 1.99. The van der Waals surface area contributed by atoms with E-state index in [1.165, 1.54) is 16.6 Å². The van der Waals surface area contributed by atoms with Crippen LogP contribution in [0.5, 0.6) is 0 Å². The van der Waals surface area contributed by atoms with Crippen molar-refractivity contribution in [1.29, 1.82) is 0 Å². The molecule has 88 valence electrons. The summed E-state index contributed by atoms with van der Waals surface area (Å²) in [6, 6.07) is 8.75. The van der Waals surface area contributed by atoms with E-state index in [4.69, 9.17) is 0 Å². The molecular formula is C14H17N3. The number of rotatable bonds is 1. The lowest BCUT2D eigenvalue weighted by molar-refractivity contribution is 0.589. The Morgan fingerprint density at radius 3 is 2.82 bits per heavy atom. The zero-order valence-corrected chi connectivity index (χ0v) is 10.1. The van der Waals surface area contributed by atoms with E-state index in [1.807, 2.05) is 6.20 Å². The number of anilines is 1. The van der Waals surface area contributed by atoms with Gasteiger partial charge in [0.25, 0.3) is 0 Å². The fourth-order valence-corrected chi connectivity index (χ4v) is 2.35. The zero-order chi connectivity index (χ0) is 11.7. The molecule has 1 aliphatic heterocycles. The molecule has 1 aromatic heterocycles. The van der Waals surface area contributed by atoms with E-state index < -0.39 is 0 Å². The first-order valence-electron chi connectivity index (χ1n) is 6.15. The summed E-state index contributed by atoms with van der Waals surface area (Å²) >= 11 is 0. The van der Waals surface area contributed by atoms with E-state index >= 15 is 0 Å². The first-order chi connectivity index (χ1) is 8.33. The molecular weight excluding hydrogens is 210 g/mol. The van der Waals surface area contributed by atoms with Crippen molar-refractivity contribution in [3.63, 3.8) is 0 Å². The van der Waals surface area contributed by atoms with Gasteiger partial charge in [-0.1, -0.05) is 0 Å². The Morgan fingerprint density at radius 2 is 2.00 bits per heavy atom. The number of pyridine rings is 1. The molecule has 0 bridgehead atoms. The van der Waals surface area contributed by atoms with Crippen LogP contribution in [0.1, 0.15) is 5.56 Å². The van der Waals surface area contributed by atoms with Crippen molar-refractivity contribution >= 4 is 16.6 Å². The van der Waals surface area contributed by atoms with Crippen molar-refractivity contribution in [3.05, 3.63) is 36.0 Å². The number of aryl methyl sites for hydroxylation is 1. The summed E-state index contributed by atoms with van der Waals surface area (Å²) in [5, 5.41) is 4.61. The van der Waals surface area contributed by atoms with Crippen molar-refractivity contribution in [2.24, 2.45) is 0 Å². The predicted molar refractivity (Wildman–Crippen MR) is 71.6 cm³/mol. The Kier molecular flexibility index (Phi) is 2.69. The fraction of sp³-hybridized carbons (Fsp3) is 0.357. The van der Waals surface area contributed by atoms with Crippen LogP contribution in [-0.4, -0.2) is 31.2 Å². The number of hydrogen-bond donors (Lipinski definition) is 1. The van der Waals surface area contributed by atoms with Crippen LogP contribution < -0.4 is 10.2 Å². The molecule has 1 aromatic carbocycles. The van der Waals surface area contributed by atoms with E-state index in [2.05, 4.69) is 46.4 Å². The maximum Gasteiger partial charge on any atom is 0.0703 e. The van der Waals surface area contributed by atoms with Gasteiger partial charge in [0.2, 0.25) is 0 Å². The van der Waals surface area contributed by atoms with Gasteiger partial charge in [0.15, 0.2) is 0 Å². The standard InChI is InChI=1S/C14H17N3/c1-11-8-12-9-13(2-3-14(12)16-10-11)17-6-4-15-5-7-17/h2-3,8-10,15H,4-7H2,1H3. The first-order valence-corrected chi connectivity index (χ1v) is 6.15. The number of benzene rings is 1. The van der Waals surface area contributed by atoms with Gasteiger partial charge in [0, 0.05) is 43.4 Å². The second-order valence-electron chi connectivity index (χ2n) is 4.63. The Hall–Kier alpha value is -1.61. The van der Waals surface area contributed by atoms with Crippen LogP contribution in [0.3, 0.4) is 0 Å². The number of piperazine rings is 1. The summed E-state index contributed by atoms with van der Waals surface area (Å²) in [5.41, 5.74) is 3.61. The maximum absolute atomic E-state index is 4.44. The molecule has 2 heterocycles. The predicted octanol–water partition coefficient (Wildman–Crippen LogP) is 1.95. The number of nitrogens with zero attached hydrogens (tertiary/aromatic N) is 2. The topological polar surface area (TPSA) is 28.2 Å². The molecule has 0 amide bonds. The van der Waals surface area contributed by atoms with Crippen molar-refractivity contribution in [3.8, 4) is 0 Å². The van der Waals surface area contributed by atoms with Gasteiger partial charge in [-0.15, -0.1) is 0 Å². The third kappa shape index (κ3) is 2.11. The molecule has 3 heteroatoms. The molecule has 0 saturated carbocycles. The lowest BCUT2D eigenvalue weighted by Gasteiger charge is -2.29. The van der Waals surface area contributed by atoms with Crippen LogP contribution in [0.2, 0.25) is 0 Å². The lowest BCUT2D eigenvalue weighted by atomic mass is 10.1. The first kappa shape index (κ1) is 10.5. The van der Waals surface area contributed by atoms with Gasteiger partial charge in [0.1, 0.15) is 0 Å². The highest BCUT2D eigenvalue weighted by Crippen LogP contribution is 2.21. The van der Waals surface area contributed by atoms with Crippen LogP contribution >= 0.6 is 0 Å². The summed E-state index contributed by atoms with van der Waals surface area (Å²) in [7, 11) is 0. The quantitative estimate of drug-likeness (QED) is 0.807. The molecule has 0 radical (unpaired) electrons. The van der Waals surface area contributed by atoms with Crippen molar-refractivity contribution in [2.75, 3.05) is 31.1 Å². The molecule has 2 aromatic rings. The van der Waals surface area contributed by atoms with Crippen molar-refractivity contribution in [2.45, 2.75) is 6.92 Å². The average molecular weight is 227 g/mol.